The number of nitrogens with zero attached hydrogens (tertiary/aromatic N) is 1. The van der Waals surface area contributed by atoms with E-state index in [9.17, 15) is 0 Å². The van der Waals surface area contributed by atoms with Gasteiger partial charge in [-0.2, -0.15) is 0 Å². The van der Waals surface area contributed by atoms with Crippen molar-refractivity contribution in [3.63, 3.8) is 0 Å². The molecule has 0 radical (unpaired) electrons. The molecule has 0 aliphatic heterocycles. The van der Waals surface area contributed by atoms with Gasteiger partial charge in [-0.1, -0.05) is 128 Å². The van der Waals surface area contributed by atoms with Crippen LogP contribution in [0.25, 0.3) is 32.7 Å². The van der Waals surface area contributed by atoms with E-state index in [0.29, 0.717) is 0 Å². The first-order valence-electron chi connectivity index (χ1n) is 16.0. The third kappa shape index (κ3) is 4.53. The van der Waals surface area contributed by atoms with Crippen LogP contribution in [-0.2, 0) is 16.2 Å². The monoisotopic (exact) mass is 573 g/mol. The van der Waals surface area contributed by atoms with E-state index in [4.69, 9.17) is 0 Å². The molecule has 0 spiro atoms. The fourth-order valence-electron chi connectivity index (χ4n) is 7.12. The highest BCUT2D eigenvalue weighted by Gasteiger charge is 2.35. The smallest absolute Gasteiger partial charge is 0.0546 e. The third-order valence-corrected chi connectivity index (χ3v) is 9.74. The maximum absolute atomic E-state index is 2.49. The first kappa shape index (κ1) is 28.4. The summed E-state index contributed by atoms with van der Waals surface area (Å²) in [7, 11) is 0. The highest BCUT2D eigenvalue weighted by atomic mass is 15.1. The van der Waals surface area contributed by atoms with Gasteiger partial charge in [0.05, 0.1) is 5.69 Å². The molecule has 1 aliphatic carbocycles. The molecule has 0 saturated carbocycles. The number of benzene rings is 6. The lowest BCUT2D eigenvalue weighted by Crippen LogP contribution is -2.16. The van der Waals surface area contributed by atoms with Crippen molar-refractivity contribution >= 4 is 38.6 Å². The van der Waals surface area contributed by atoms with Gasteiger partial charge in [-0.05, 0) is 103 Å². The lowest BCUT2D eigenvalue weighted by molar-refractivity contribution is 0.590. The Balaban J connectivity index is 1.52. The summed E-state index contributed by atoms with van der Waals surface area (Å²) in [6.07, 6.45) is 0. The molecule has 0 bridgehead atoms. The van der Waals surface area contributed by atoms with Gasteiger partial charge in [0.25, 0.3) is 0 Å². The summed E-state index contributed by atoms with van der Waals surface area (Å²) in [6.45, 7) is 18.5. The molecule has 220 valence electrons. The third-order valence-electron chi connectivity index (χ3n) is 9.74. The molecule has 6 aromatic carbocycles. The van der Waals surface area contributed by atoms with Gasteiger partial charge in [0.2, 0.25) is 0 Å². The molecule has 0 aromatic heterocycles. The van der Waals surface area contributed by atoms with Crippen molar-refractivity contribution in [2.45, 2.75) is 71.6 Å². The minimum Gasteiger partial charge on any atom is -0.310 e. The van der Waals surface area contributed by atoms with Crippen molar-refractivity contribution in [2.75, 3.05) is 4.90 Å². The summed E-state index contributed by atoms with van der Waals surface area (Å²) < 4.78 is 0. The van der Waals surface area contributed by atoms with E-state index in [1.807, 2.05) is 0 Å². The molecule has 0 unspecified atom stereocenters. The molecule has 1 heteroatoms. The van der Waals surface area contributed by atoms with E-state index in [2.05, 4.69) is 176 Å². The van der Waals surface area contributed by atoms with Crippen molar-refractivity contribution in [2.24, 2.45) is 0 Å². The van der Waals surface area contributed by atoms with E-state index in [1.54, 1.807) is 0 Å². The lowest BCUT2D eigenvalue weighted by Gasteiger charge is -2.30. The van der Waals surface area contributed by atoms with Crippen LogP contribution in [-0.4, -0.2) is 0 Å². The van der Waals surface area contributed by atoms with E-state index < -0.39 is 0 Å². The standard InChI is InChI=1S/C43H43N/c1-41(2,3)30-21-23-32(24-22-30)44(33-15-12-14-31(26-33)42(4,5)6)39-18-11-13-28-19-20-29-25-36-34-16-9-10-17-37(34)43(7,8)38(36)27-35(29)40(28)39/h9-27H,1-8H3. The van der Waals surface area contributed by atoms with Gasteiger partial charge in [-0.3, -0.25) is 0 Å². The average molecular weight is 574 g/mol. The van der Waals surface area contributed by atoms with Crippen LogP contribution in [0.3, 0.4) is 0 Å². The SMILES string of the molecule is CC(C)(C)c1ccc(N(c2cccc(C(C)(C)C)c2)c2cccc3ccc4cc5c(cc4c23)C(C)(C)c2ccccc2-5)cc1. The predicted octanol–water partition coefficient (Wildman–Crippen LogP) is 12.4. The maximum atomic E-state index is 2.49. The average Bonchev–Trinajstić information content (AvgIpc) is 3.21. The van der Waals surface area contributed by atoms with Crippen LogP contribution in [0.2, 0.25) is 0 Å². The summed E-state index contributed by atoms with van der Waals surface area (Å²) >= 11 is 0. The molecule has 0 heterocycles. The molecule has 0 fully saturated rings. The molecular formula is C43H43N. The Kier molecular flexibility index (Phi) is 6.35. The van der Waals surface area contributed by atoms with Gasteiger partial charge < -0.3 is 4.90 Å². The van der Waals surface area contributed by atoms with Crippen LogP contribution < -0.4 is 4.90 Å². The number of hydrogen-bond acceptors (Lipinski definition) is 1. The molecule has 1 nitrogen and oxygen atoms in total. The van der Waals surface area contributed by atoms with Gasteiger partial charge in [0.1, 0.15) is 0 Å². The van der Waals surface area contributed by atoms with Crippen LogP contribution >= 0.6 is 0 Å². The van der Waals surface area contributed by atoms with Crippen LogP contribution in [0.15, 0.2) is 115 Å². The molecule has 6 aromatic rings. The highest BCUT2D eigenvalue weighted by Crippen LogP contribution is 2.51. The van der Waals surface area contributed by atoms with Crippen molar-refractivity contribution in [3.8, 4) is 11.1 Å². The summed E-state index contributed by atoms with van der Waals surface area (Å²) in [6, 6.07) is 43.5. The zero-order chi connectivity index (χ0) is 31.0. The fraction of sp³-hybridized carbons (Fsp3) is 0.256. The minimum atomic E-state index is -0.0548. The van der Waals surface area contributed by atoms with Crippen LogP contribution in [0.1, 0.15) is 77.6 Å². The summed E-state index contributed by atoms with van der Waals surface area (Å²) in [5, 5.41) is 5.14. The first-order valence-corrected chi connectivity index (χ1v) is 16.0. The molecule has 7 rings (SSSR count). The normalized spacial score (nSPS) is 14.1. The van der Waals surface area contributed by atoms with E-state index >= 15 is 0 Å². The van der Waals surface area contributed by atoms with Crippen molar-refractivity contribution in [1.82, 2.24) is 0 Å². The second-order valence-corrected chi connectivity index (χ2v) is 15.2. The van der Waals surface area contributed by atoms with Crippen molar-refractivity contribution in [3.05, 3.63) is 138 Å². The Morgan fingerprint density at radius 2 is 1.18 bits per heavy atom. The van der Waals surface area contributed by atoms with Gasteiger partial charge in [0, 0.05) is 22.2 Å². The zero-order valence-electron chi connectivity index (χ0n) is 27.4. The van der Waals surface area contributed by atoms with E-state index in [-0.39, 0.29) is 16.2 Å². The molecular weight excluding hydrogens is 530 g/mol. The van der Waals surface area contributed by atoms with Gasteiger partial charge in [-0.25, -0.2) is 0 Å². The number of rotatable bonds is 3. The molecule has 1 aliphatic rings. The zero-order valence-corrected chi connectivity index (χ0v) is 27.4. The van der Waals surface area contributed by atoms with Gasteiger partial charge in [-0.15, -0.1) is 0 Å². The molecule has 44 heavy (non-hydrogen) atoms. The van der Waals surface area contributed by atoms with Crippen molar-refractivity contribution in [1.29, 1.82) is 0 Å². The Morgan fingerprint density at radius 3 is 1.91 bits per heavy atom. The second kappa shape index (κ2) is 9.83. The second-order valence-electron chi connectivity index (χ2n) is 15.2. The minimum absolute atomic E-state index is 0.0460. The Morgan fingerprint density at radius 1 is 0.500 bits per heavy atom. The number of fused-ring (bicyclic) bond motifs is 6. The van der Waals surface area contributed by atoms with Gasteiger partial charge >= 0.3 is 0 Å². The van der Waals surface area contributed by atoms with Crippen molar-refractivity contribution < 1.29 is 0 Å². The highest BCUT2D eigenvalue weighted by molar-refractivity contribution is 6.16. The number of hydrogen-bond donors (Lipinski definition) is 0. The van der Waals surface area contributed by atoms with Crippen LogP contribution in [0.4, 0.5) is 17.1 Å². The molecule has 0 atom stereocenters. The topological polar surface area (TPSA) is 3.24 Å². The maximum Gasteiger partial charge on any atom is 0.0546 e. The first-order chi connectivity index (χ1) is 20.8. The van der Waals surface area contributed by atoms with Crippen LogP contribution in [0.5, 0.6) is 0 Å². The van der Waals surface area contributed by atoms with Gasteiger partial charge in [0.15, 0.2) is 0 Å². The van der Waals surface area contributed by atoms with Crippen LogP contribution in [0, 0.1) is 0 Å². The quantitative estimate of drug-likeness (QED) is 0.190. The number of anilines is 3. The Labute approximate surface area is 263 Å². The fourth-order valence-corrected chi connectivity index (χ4v) is 7.12. The Hall–Kier alpha value is -4.36. The molecule has 0 N–H and O–H groups in total. The molecule has 0 saturated heterocycles. The van der Waals surface area contributed by atoms with E-state index in [1.165, 1.54) is 72.0 Å². The summed E-state index contributed by atoms with van der Waals surface area (Å²) in [4.78, 5) is 2.47. The lowest BCUT2D eigenvalue weighted by atomic mass is 9.81. The predicted molar refractivity (Wildman–Crippen MR) is 191 cm³/mol. The summed E-state index contributed by atoms with van der Waals surface area (Å²) in [5.74, 6) is 0. The Bertz CT molecular complexity index is 2050. The van der Waals surface area contributed by atoms with E-state index in [0.717, 1.165) is 0 Å². The molecule has 0 amide bonds. The summed E-state index contributed by atoms with van der Waals surface area (Å²) in [5.41, 5.74) is 11.8. The largest absolute Gasteiger partial charge is 0.310 e.